The number of methoxy groups -OCH3 is 1. The van der Waals surface area contributed by atoms with Crippen molar-refractivity contribution >= 4 is 15.7 Å². The van der Waals surface area contributed by atoms with Crippen LogP contribution >= 0.6 is 0 Å². The highest BCUT2D eigenvalue weighted by Gasteiger charge is 2.16. The quantitative estimate of drug-likeness (QED) is 0.477. The minimum atomic E-state index is -3.84. The Morgan fingerprint density at radius 1 is 1.07 bits per heavy atom. The number of nitrogens with one attached hydrogen (secondary N) is 1. The van der Waals surface area contributed by atoms with Gasteiger partial charge < -0.3 is 4.74 Å². The Bertz CT molecular complexity index is 1080. The fourth-order valence-electron chi connectivity index (χ4n) is 2.41. The zero-order valence-corrected chi connectivity index (χ0v) is 15.6. The predicted molar refractivity (Wildman–Crippen MR) is 101 cm³/mol. The SMILES string of the molecule is COc1ccc(-c2cc(CNS(=O)(=O)c3ccc([N+](=O)[O-])cc3)ncn2)cc1. The van der Waals surface area contributed by atoms with E-state index in [9.17, 15) is 18.5 Å². The minimum Gasteiger partial charge on any atom is -0.497 e. The molecule has 0 spiro atoms. The number of nitro benzene ring substituents is 1. The standard InChI is InChI=1S/C18H16N4O5S/c1-27-16-6-2-13(3-7-16)18-10-14(19-12-20-18)11-21-28(25,26)17-8-4-15(5-9-17)22(23)24/h2-10,12,21H,11H2,1H3. The molecule has 0 bridgehead atoms. The summed E-state index contributed by atoms with van der Waals surface area (Å²) in [6, 6.07) is 13.6. The number of nitrogens with zero attached hydrogens (tertiary/aromatic N) is 3. The molecule has 0 aliphatic heterocycles. The zero-order valence-electron chi connectivity index (χ0n) is 14.8. The molecule has 0 atom stereocenters. The first-order valence-corrected chi connectivity index (χ1v) is 9.57. The second kappa shape index (κ2) is 8.11. The largest absolute Gasteiger partial charge is 0.497 e. The minimum absolute atomic E-state index is 0.0506. The van der Waals surface area contributed by atoms with Crippen molar-refractivity contribution in [1.82, 2.24) is 14.7 Å². The van der Waals surface area contributed by atoms with Gasteiger partial charge in [-0.2, -0.15) is 0 Å². The molecule has 3 aromatic rings. The Kier molecular flexibility index (Phi) is 5.62. The topological polar surface area (TPSA) is 124 Å². The van der Waals surface area contributed by atoms with Gasteiger partial charge in [0.1, 0.15) is 12.1 Å². The van der Waals surface area contributed by atoms with Gasteiger partial charge in [0.15, 0.2) is 0 Å². The van der Waals surface area contributed by atoms with Gasteiger partial charge in [-0.1, -0.05) is 0 Å². The number of hydrogen-bond acceptors (Lipinski definition) is 7. The summed E-state index contributed by atoms with van der Waals surface area (Å²) in [6.45, 7) is -0.0506. The van der Waals surface area contributed by atoms with E-state index in [1.54, 1.807) is 25.3 Å². The molecule has 1 heterocycles. The first-order chi connectivity index (χ1) is 13.4. The average Bonchev–Trinajstić information content (AvgIpc) is 2.73. The Morgan fingerprint density at radius 3 is 2.36 bits per heavy atom. The van der Waals surface area contributed by atoms with Gasteiger partial charge in [0.2, 0.25) is 10.0 Å². The lowest BCUT2D eigenvalue weighted by Gasteiger charge is -2.08. The van der Waals surface area contributed by atoms with Crippen molar-refractivity contribution in [1.29, 1.82) is 0 Å². The lowest BCUT2D eigenvalue weighted by atomic mass is 10.1. The summed E-state index contributed by atoms with van der Waals surface area (Å²) in [5.74, 6) is 0.717. The summed E-state index contributed by atoms with van der Waals surface area (Å²) in [4.78, 5) is 18.3. The molecular formula is C18H16N4O5S. The van der Waals surface area contributed by atoms with Gasteiger partial charge in [-0.15, -0.1) is 0 Å². The number of sulfonamides is 1. The Balaban J connectivity index is 1.74. The van der Waals surface area contributed by atoms with Crippen molar-refractivity contribution in [2.24, 2.45) is 0 Å². The summed E-state index contributed by atoms with van der Waals surface area (Å²) in [5.41, 5.74) is 1.77. The van der Waals surface area contributed by atoms with Crippen molar-refractivity contribution in [3.63, 3.8) is 0 Å². The monoisotopic (exact) mass is 400 g/mol. The van der Waals surface area contributed by atoms with Gasteiger partial charge >= 0.3 is 0 Å². The second-order valence-electron chi connectivity index (χ2n) is 5.70. The van der Waals surface area contributed by atoms with Crippen LogP contribution in [0.5, 0.6) is 5.75 Å². The molecule has 0 fully saturated rings. The normalized spacial score (nSPS) is 11.2. The smallest absolute Gasteiger partial charge is 0.269 e. The summed E-state index contributed by atoms with van der Waals surface area (Å²) in [5, 5.41) is 10.7. The average molecular weight is 400 g/mol. The van der Waals surface area contributed by atoms with Crippen LogP contribution in [0.1, 0.15) is 5.69 Å². The fourth-order valence-corrected chi connectivity index (χ4v) is 3.41. The first kappa shape index (κ1) is 19.4. The highest BCUT2D eigenvalue weighted by molar-refractivity contribution is 7.89. The molecule has 3 rings (SSSR count). The summed E-state index contributed by atoms with van der Waals surface area (Å²) in [7, 11) is -2.26. The Labute approximate surface area is 161 Å². The molecule has 0 saturated carbocycles. The van der Waals surface area contributed by atoms with E-state index in [0.29, 0.717) is 17.1 Å². The molecule has 1 aromatic heterocycles. The van der Waals surface area contributed by atoms with E-state index < -0.39 is 14.9 Å². The third-order valence-electron chi connectivity index (χ3n) is 3.91. The maximum atomic E-state index is 12.4. The zero-order chi connectivity index (χ0) is 20.1. The molecule has 2 aromatic carbocycles. The van der Waals surface area contributed by atoms with Crippen LogP contribution in [0.4, 0.5) is 5.69 Å². The maximum absolute atomic E-state index is 12.4. The first-order valence-electron chi connectivity index (χ1n) is 8.08. The number of non-ortho nitro benzene ring substituents is 1. The third kappa shape index (κ3) is 4.48. The van der Waals surface area contributed by atoms with Crippen LogP contribution in [0.15, 0.2) is 65.8 Å². The van der Waals surface area contributed by atoms with E-state index in [2.05, 4.69) is 14.7 Å². The number of aromatic nitrogens is 2. The van der Waals surface area contributed by atoms with Crippen LogP contribution in [0.3, 0.4) is 0 Å². The van der Waals surface area contributed by atoms with Gasteiger partial charge in [0, 0.05) is 17.7 Å². The van der Waals surface area contributed by atoms with Crippen LogP contribution < -0.4 is 9.46 Å². The van der Waals surface area contributed by atoms with Gasteiger partial charge in [-0.3, -0.25) is 10.1 Å². The van der Waals surface area contributed by atoms with E-state index >= 15 is 0 Å². The number of benzene rings is 2. The number of hydrogen-bond donors (Lipinski definition) is 1. The van der Waals surface area contributed by atoms with Crippen molar-refractivity contribution in [2.45, 2.75) is 11.4 Å². The lowest BCUT2D eigenvalue weighted by molar-refractivity contribution is -0.384. The van der Waals surface area contributed by atoms with Gasteiger partial charge in [-0.25, -0.2) is 23.1 Å². The molecule has 1 N–H and O–H groups in total. The van der Waals surface area contributed by atoms with E-state index in [4.69, 9.17) is 4.74 Å². The van der Waals surface area contributed by atoms with Gasteiger partial charge in [-0.05, 0) is 42.5 Å². The molecule has 10 heteroatoms. The second-order valence-corrected chi connectivity index (χ2v) is 7.47. The lowest BCUT2D eigenvalue weighted by Crippen LogP contribution is -2.23. The molecular weight excluding hydrogens is 384 g/mol. The molecule has 0 aliphatic rings. The molecule has 144 valence electrons. The molecule has 9 nitrogen and oxygen atoms in total. The van der Waals surface area contributed by atoms with Crippen LogP contribution in [0.25, 0.3) is 11.3 Å². The van der Waals surface area contributed by atoms with Crippen molar-refractivity contribution in [2.75, 3.05) is 7.11 Å². The summed E-state index contributed by atoms with van der Waals surface area (Å²) in [6.07, 6.45) is 1.36. The van der Waals surface area contributed by atoms with E-state index in [1.165, 1.54) is 18.5 Å². The molecule has 0 saturated heterocycles. The van der Waals surface area contributed by atoms with Crippen LogP contribution in [0.2, 0.25) is 0 Å². The molecule has 0 unspecified atom stereocenters. The predicted octanol–water partition coefficient (Wildman–Crippen LogP) is 2.54. The van der Waals surface area contributed by atoms with Crippen molar-refractivity contribution in [3.8, 4) is 17.0 Å². The summed E-state index contributed by atoms with van der Waals surface area (Å²) < 4.78 is 32.3. The molecule has 0 aliphatic carbocycles. The van der Waals surface area contributed by atoms with E-state index in [0.717, 1.165) is 17.7 Å². The highest BCUT2D eigenvalue weighted by Crippen LogP contribution is 2.21. The van der Waals surface area contributed by atoms with Crippen molar-refractivity contribution in [3.05, 3.63) is 76.7 Å². The number of nitro groups is 1. The third-order valence-corrected chi connectivity index (χ3v) is 5.33. The van der Waals surface area contributed by atoms with E-state index in [1.807, 2.05) is 12.1 Å². The van der Waals surface area contributed by atoms with Gasteiger partial charge in [0.25, 0.3) is 5.69 Å². The Morgan fingerprint density at radius 2 is 1.75 bits per heavy atom. The molecule has 0 radical (unpaired) electrons. The van der Waals surface area contributed by atoms with Crippen LogP contribution in [-0.2, 0) is 16.6 Å². The van der Waals surface area contributed by atoms with E-state index in [-0.39, 0.29) is 17.1 Å². The van der Waals surface area contributed by atoms with Crippen molar-refractivity contribution < 1.29 is 18.1 Å². The highest BCUT2D eigenvalue weighted by atomic mass is 32.2. The van der Waals surface area contributed by atoms with Crippen LogP contribution in [0, 0.1) is 10.1 Å². The molecule has 0 amide bonds. The number of rotatable bonds is 7. The van der Waals surface area contributed by atoms with Crippen LogP contribution in [-0.4, -0.2) is 30.4 Å². The summed E-state index contributed by atoms with van der Waals surface area (Å²) >= 11 is 0. The molecule has 28 heavy (non-hydrogen) atoms. The fraction of sp³-hybridized carbons (Fsp3) is 0.111. The van der Waals surface area contributed by atoms with Gasteiger partial charge in [0.05, 0.1) is 34.9 Å². The maximum Gasteiger partial charge on any atom is 0.269 e. The Hall–Kier alpha value is -3.37. The number of ether oxygens (including phenoxy) is 1.